The molecule has 1 amide bonds. The summed E-state index contributed by atoms with van der Waals surface area (Å²) in [6, 6.07) is 39.6. The molecule has 3 saturated heterocycles. The highest BCUT2D eigenvalue weighted by Gasteiger charge is 2.63. The van der Waals surface area contributed by atoms with E-state index < -0.39 is 0 Å². The molecule has 0 unspecified atom stereocenters. The van der Waals surface area contributed by atoms with Crippen molar-refractivity contribution in [2.75, 3.05) is 69.5 Å². The first-order valence-corrected chi connectivity index (χ1v) is 18.5. The van der Waals surface area contributed by atoms with Crippen LogP contribution in [0.15, 0.2) is 109 Å². The fraction of sp³-hybridized carbons (Fsp3) is 0.395. The van der Waals surface area contributed by atoms with Gasteiger partial charge in [0.1, 0.15) is 0 Å². The average molecular weight is 670 g/mol. The maximum atomic E-state index is 14.6. The van der Waals surface area contributed by atoms with Crippen LogP contribution in [0.1, 0.15) is 53.9 Å². The smallest absolute Gasteiger partial charge is 0.296 e. The molecule has 8 rings (SSSR count). The Morgan fingerprint density at radius 2 is 1.18 bits per heavy atom. The molecule has 4 aromatic rings. The zero-order chi connectivity index (χ0) is 33.9. The summed E-state index contributed by atoms with van der Waals surface area (Å²) < 4.78 is 13.9. The Bertz CT molecular complexity index is 1710. The molecule has 3 heterocycles. The van der Waals surface area contributed by atoms with Gasteiger partial charge in [-0.25, -0.2) is 0 Å². The number of benzene rings is 4. The van der Waals surface area contributed by atoms with E-state index in [2.05, 4.69) is 136 Å². The van der Waals surface area contributed by atoms with Crippen molar-refractivity contribution in [2.45, 2.75) is 49.7 Å². The van der Waals surface area contributed by atoms with E-state index in [1.807, 2.05) is 0 Å². The Morgan fingerprint density at radius 3 is 1.68 bits per heavy atom. The number of amides is 1. The fourth-order valence-corrected chi connectivity index (χ4v) is 8.88. The molecule has 7 nitrogen and oxygen atoms in total. The van der Waals surface area contributed by atoms with Gasteiger partial charge in [0.05, 0.1) is 32.3 Å². The van der Waals surface area contributed by atoms with E-state index >= 15 is 0 Å². The maximum Gasteiger partial charge on any atom is 0.296 e. The molecular weight excluding hydrogens is 620 g/mol. The summed E-state index contributed by atoms with van der Waals surface area (Å²) in [5.41, 5.74) is 8.11. The van der Waals surface area contributed by atoms with Crippen LogP contribution in [0.5, 0.6) is 0 Å². The van der Waals surface area contributed by atoms with Gasteiger partial charge in [0.2, 0.25) is 11.7 Å². The van der Waals surface area contributed by atoms with Gasteiger partial charge in [-0.3, -0.25) is 9.69 Å². The Hall–Kier alpha value is -4.46. The molecule has 258 valence electrons. The standard InChI is InChI=1S/C43H49N4O3/c1-44-42(48)39(32-33-10-4-2-5-11-33)47(43(44)22-8-9-23-43)41(36-12-6-3-7-13-36)40(34-14-18-37(19-15-34)45-24-28-49-29-25-45)35-16-20-38(21-17-35)46-26-30-50-31-27-46/h2-7,10-21,39-40H,8-9,22-32H2,1H3/q+1/b47-41+/t39-/m0/s1. The van der Waals surface area contributed by atoms with Crippen molar-refractivity contribution < 1.29 is 18.8 Å². The van der Waals surface area contributed by atoms with E-state index in [0.29, 0.717) is 6.42 Å². The van der Waals surface area contributed by atoms with Crippen LogP contribution in [-0.2, 0) is 20.7 Å². The van der Waals surface area contributed by atoms with Gasteiger partial charge in [0.15, 0.2) is 5.71 Å². The SMILES string of the molecule is CN1C(=O)[C@H](Cc2ccccc2)/[N+](=C(/c2ccccc2)C(c2ccc(N3CCOCC3)cc2)c2ccc(N3CCOCC3)cc2)C12CCCC2. The molecule has 1 aliphatic carbocycles. The predicted molar refractivity (Wildman–Crippen MR) is 200 cm³/mol. The van der Waals surface area contributed by atoms with Crippen LogP contribution in [0, 0.1) is 0 Å². The highest BCUT2D eigenvalue weighted by molar-refractivity contribution is 6.05. The number of hydrogen-bond donors (Lipinski definition) is 0. The Labute approximate surface area is 296 Å². The van der Waals surface area contributed by atoms with Crippen molar-refractivity contribution in [3.63, 3.8) is 0 Å². The Morgan fingerprint density at radius 1 is 0.700 bits per heavy atom. The third-order valence-corrected chi connectivity index (χ3v) is 11.5. The van der Waals surface area contributed by atoms with E-state index in [9.17, 15) is 4.79 Å². The molecule has 4 aliphatic rings. The lowest BCUT2D eigenvalue weighted by atomic mass is 9.82. The van der Waals surface area contributed by atoms with Gasteiger partial charge in [0.25, 0.3) is 5.91 Å². The van der Waals surface area contributed by atoms with Crippen LogP contribution >= 0.6 is 0 Å². The summed E-state index contributed by atoms with van der Waals surface area (Å²) in [5.74, 6) is 0.123. The van der Waals surface area contributed by atoms with Gasteiger partial charge in [0, 0.05) is 69.4 Å². The van der Waals surface area contributed by atoms with Gasteiger partial charge in [-0.15, -0.1) is 0 Å². The maximum absolute atomic E-state index is 14.6. The van der Waals surface area contributed by atoms with Crippen LogP contribution in [0.2, 0.25) is 0 Å². The molecule has 50 heavy (non-hydrogen) atoms. The van der Waals surface area contributed by atoms with E-state index in [1.165, 1.54) is 39.3 Å². The largest absolute Gasteiger partial charge is 0.378 e. The second-order valence-corrected chi connectivity index (χ2v) is 14.2. The number of hydrogen-bond acceptors (Lipinski definition) is 5. The third-order valence-electron chi connectivity index (χ3n) is 11.5. The summed E-state index contributed by atoms with van der Waals surface area (Å²) in [6.07, 6.45) is 4.83. The van der Waals surface area contributed by atoms with Gasteiger partial charge < -0.3 is 19.3 Å². The predicted octanol–water partition coefficient (Wildman–Crippen LogP) is 6.35. The Balaban J connectivity index is 1.34. The van der Waals surface area contributed by atoms with Crippen molar-refractivity contribution in [1.29, 1.82) is 0 Å². The molecule has 0 radical (unpaired) electrons. The molecule has 4 aromatic carbocycles. The molecule has 0 bridgehead atoms. The lowest BCUT2D eigenvalue weighted by Gasteiger charge is -2.32. The van der Waals surface area contributed by atoms with E-state index in [4.69, 9.17) is 9.47 Å². The molecular formula is C43H49N4O3+. The lowest BCUT2D eigenvalue weighted by Crippen LogP contribution is -2.50. The normalized spacial score (nSPS) is 21.8. The van der Waals surface area contributed by atoms with Crippen molar-refractivity contribution >= 4 is 23.0 Å². The topological polar surface area (TPSA) is 48.3 Å². The number of carbonyl (C=O) groups excluding carboxylic acids is 1. The van der Waals surface area contributed by atoms with E-state index in [-0.39, 0.29) is 23.5 Å². The summed E-state index contributed by atoms with van der Waals surface area (Å²) in [5, 5.41) is 0. The molecule has 7 heteroatoms. The molecule has 4 fully saturated rings. The number of likely N-dealkylation sites (N-methyl/N-ethyl adjacent to an activating group) is 1. The number of morpholine rings is 2. The van der Waals surface area contributed by atoms with Crippen molar-refractivity contribution in [3.8, 4) is 0 Å². The zero-order valence-corrected chi connectivity index (χ0v) is 29.3. The first-order valence-electron chi connectivity index (χ1n) is 18.5. The van der Waals surface area contributed by atoms with Crippen LogP contribution in [0.25, 0.3) is 0 Å². The van der Waals surface area contributed by atoms with Gasteiger partial charge >= 0.3 is 0 Å². The monoisotopic (exact) mass is 669 g/mol. The zero-order valence-electron chi connectivity index (χ0n) is 29.3. The molecule has 3 aliphatic heterocycles. The molecule has 0 aromatic heterocycles. The van der Waals surface area contributed by atoms with Crippen LogP contribution in [0.4, 0.5) is 11.4 Å². The minimum atomic E-state index is -0.374. The van der Waals surface area contributed by atoms with Crippen LogP contribution < -0.4 is 9.80 Å². The molecule has 1 atom stereocenters. The average Bonchev–Trinajstić information content (AvgIpc) is 3.75. The van der Waals surface area contributed by atoms with E-state index in [1.54, 1.807) is 0 Å². The minimum Gasteiger partial charge on any atom is -0.378 e. The number of carbonyl (C=O) groups is 1. The van der Waals surface area contributed by atoms with Crippen molar-refractivity contribution in [1.82, 2.24) is 4.90 Å². The third kappa shape index (κ3) is 6.22. The quantitative estimate of drug-likeness (QED) is 0.205. The lowest BCUT2D eigenvalue weighted by molar-refractivity contribution is -0.628. The summed E-state index contributed by atoms with van der Waals surface area (Å²) in [7, 11) is 2.05. The second kappa shape index (κ2) is 14.4. The summed E-state index contributed by atoms with van der Waals surface area (Å²) in [4.78, 5) is 21.5. The first kappa shape index (κ1) is 32.7. The second-order valence-electron chi connectivity index (χ2n) is 14.2. The highest BCUT2D eigenvalue weighted by atomic mass is 16.5. The fourth-order valence-electron chi connectivity index (χ4n) is 8.88. The van der Waals surface area contributed by atoms with Crippen LogP contribution in [0.3, 0.4) is 0 Å². The molecule has 1 spiro atoms. The van der Waals surface area contributed by atoms with Gasteiger partial charge in [-0.1, -0.05) is 72.8 Å². The number of ether oxygens (including phenoxy) is 2. The summed E-state index contributed by atoms with van der Waals surface area (Å²) in [6.45, 7) is 6.64. The number of rotatable bonds is 8. The first-order chi connectivity index (χ1) is 24.6. The minimum absolute atomic E-state index is 0.0927. The molecule has 0 N–H and O–H groups in total. The molecule has 1 saturated carbocycles. The van der Waals surface area contributed by atoms with Gasteiger partial charge in [-0.2, -0.15) is 4.58 Å². The van der Waals surface area contributed by atoms with Crippen molar-refractivity contribution in [3.05, 3.63) is 131 Å². The summed E-state index contributed by atoms with van der Waals surface area (Å²) >= 11 is 0. The number of nitrogens with zero attached hydrogens (tertiary/aromatic N) is 4. The van der Waals surface area contributed by atoms with E-state index in [0.717, 1.165) is 78.3 Å². The van der Waals surface area contributed by atoms with Crippen molar-refractivity contribution in [2.24, 2.45) is 0 Å². The number of anilines is 2. The highest BCUT2D eigenvalue weighted by Crippen LogP contribution is 2.44. The Kier molecular flexibility index (Phi) is 9.43. The van der Waals surface area contributed by atoms with Gasteiger partial charge in [-0.05, 0) is 65.9 Å². The van der Waals surface area contributed by atoms with Crippen LogP contribution in [-0.4, -0.2) is 92.5 Å².